The topological polar surface area (TPSA) is 93.2 Å². The quantitative estimate of drug-likeness (QED) is 0.532. The summed E-state index contributed by atoms with van der Waals surface area (Å²) < 4.78 is 18.8. The van der Waals surface area contributed by atoms with Crippen molar-refractivity contribution in [3.05, 3.63) is 59.7 Å². The minimum Gasteiger partial charge on any atom is -0.494 e. The van der Waals surface area contributed by atoms with Crippen LogP contribution < -0.4 is 15.4 Å². The van der Waals surface area contributed by atoms with Crippen molar-refractivity contribution in [3.63, 3.8) is 0 Å². The number of rotatable bonds is 7. The van der Waals surface area contributed by atoms with Gasteiger partial charge in [-0.25, -0.2) is 14.4 Å². The van der Waals surface area contributed by atoms with Crippen molar-refractivity contribution < 1.29 is 18.7 Å². The van der Waals surface area contributed by atoms with Crippen LogP contribution in [0.15, 0.2) is 48.8 Å². The lowest BCUT2D eigenvalue weighted by Crippen LogP contribution is -2.10. The molecule has 3 rings (SSSR count). The molecule has 0 saturated heterocycles. The van der Waals surface area contributed by atoms with Crippen molar-refractivity contribution >= 4 is 51.4 Å². The number of aromatic nitrogens is 2. The second kappa shape index (κ2) is 9.32. The molecular formula is C21H18ClFN4O3. The Morgan fingerprint density at radius 3 is 2.70 bits per heavy atom. The van der Waals surface area contributed by atoms with E-state index in [2.05, 4.69) is 20.6 Å². The summed E-state index contributed by atoms with van der Waals surface area (Å²) in [5.74, 6) is -0.350. The zero-order valence-corrected chi connectivity index (χ0v) is 17.0. The van der Waals surface area contributed by atoms with Gasteiger partial charge in [0.05, 0.1) is 23.3 Å². The molecule has 2 N–H and O–H groups in total. The Kier molecular flexibility index (Phi) is 6.58. The van der Waals surface area contributed by atoms with Gasteiger partial charge in [-0.3, -0.25) is 9.59 Å². The summed E-state index contributed by atoms with van der Waals surface area (Å²) >= 11 is 5.84. The largest absolute Gasteiger partial charge is 0.494 e. The molecule has 2 aromatic carbocycles. The van der Waals surface area contributed by atoms with Gasteiger partial charge in [-0.2, -0.15) is 0 Å². The maximum absolute atomic E-state index is 13.4. The summed E-state index contributed by atoms with van der Waals surface area (Å²) in [5.41, 5.74) is 1.47. The van der Waals surface area contributed by atoms with E-state index < -0.39 is 11.7 Å². The highest BCUT2D eigenvalue weighted by molar-refractivity contribution is 6.31. The normalized spacial score (nSPS) is 10.9. The second-order valence-electron chi connectivity index (χ2n) is 6.19. The van der Waals surface area contributed by atoms with E-state index in [1.807, 2.05) is 0 Å². The number of carbonyl (C=O) groups is 2. The summed E-state index contributed by atoms with van der Waals surface area (Å²) in [5, 5.41) is 6.31. The van der Waals surface area contributed by atoms with Crippen molar-refractivity contribution in [1.82, 2.24) is 9.97 Å². The van der Waals surface area contributed by atoms with E-state index in [4.69, 9.17) is 16.3 Å². The molecule has 3 aromatic rings. The van der Waals surface area contributed by atoms with Gasteiger partial charge in [-0.1, -0.05) is 18.5 Å². The van der Waals surface area contributed by atoms with Gasteiger partial charge >= 0.3 is 0 Å². The van der Waals surface area contributed by atoms with Crippen LogP contribution in [-0.2, 0) is 9.59 Å². The Morgan fingerprint density at radius 1 is 1.20 bits per heavy atom. The fourth-order valence-electron chi connectivity index (χ4n) is 2.62. The van der Waals surface area contributed by atoms with Crippen LogP contribution in [0.3, 0.4) is 0 Å². The number of benzene rings is 2. The van der Waals surface area contributed by atoms with Gasteiger partial charge in [0.15, 0.2) is 5.78 Å². The number of hydrogen-bond donors (Lipinski definition) is 2. The number of allylic oxidation sites excluding steroid dienone is 1. The summed E-state index contributed by atoms with van der Waals surface area (Å²) in [4.78, 5) is 32.0. The number of hydrogen-bond acceptors (Lipinski definition) is 6. The molecule has 7 nitrogen and oxygen atoms in total. The smallest absolute Gasteiger partial charge is 0.248 e. The predicted octanol–water partition coefficient (Wildman–Crippen LogP) is 4.65. The van der Waals surface area contributed by atoms with Crippen LogP contribution in [0.4, 0.5) is 21.6 Å². The molecule has 0 bridgehead atoms. The Hall–Kier alpha value is -3.52. The third kappa shape index (κ3) is 4.90. The first kappa shape index (κ1) is 21.2. The first-order valence-electron chi connectivity index (χ1n) is 8.98. The zero-order chi connectivity index (χ0) is 21.7. The molecule has 0 fully saturated rings. The maximum Gasteiger partial charge on any atom is 0.248 e. The van der Waals surface area contributed by atoms with Crippen LogP contribution in [-0.4, -0.2) is 28.8 Å². The van der Waals surface area contributed by atoms with Crippen LogP contribution in [0.2, 0.25) is 5.02 Å². The molecule has 0 aliphatic rings. The van der Waals surface area contributed by atoms with Crippen molar-refractivity contribution in [3.8, 4) is 5.75 Å². The third-order valence-corrected chi connectivity index (χ3v) is 4.46. The number of anilines is 3. The molecule has 0 aliphatic carbocycles. The van der Waals surface area contributed by atoms with Gasteiger partial charge in [0.25, 0.3) is 0 Å². The minimum atomic E-state index is -0.529. The number of amides is 1. The lowest BCUT2D eigenvalue weighted by molar-refractivity contribution is -0.115. The van der Waals surface area contributed by atoms with Crippen LogP contribution in [0, 0.1) is 5.82 Å². The molecule has 0 atom stereocenters. The lowest BCUT2D eigenvalue weighted by atomic mass is 10.1. The summed E-state index contributed by atoms with van der Waals surface area (Å²) in [6.45, 7) is 1.71. The molecule has 0 aliphatic heterocycles. The Bertz CT molecular complexity index is 1150. The highest BCUT2D eigenvalue weighted by atomic mass is 35.5. The number of ether oxygens (including phenoxy) is 1. The molecule has 154 valence electrons. The van der Waals surface area contributed by atoms with Crippen LogP contribution in [0.1, 0.15) is 13.3 Å². The van der Waals surface area contributed by atoms with Gasteiger partial charge in [0.2, 0.25) is 5.91 Å². The summed E-state index contributed by atoms with van der Waals surface area (Å²) in [7, 11) is 1.47. The highest BCUT2D eigenvalue weighted by Gasteiger charge is 2.13. The van der Waals surface area contributed by atoms with Gasteiger partial charge in [0, 0.05) is 29.6 Å². The average Bonchev–Trinajstić information content (AvgIpc) is 2.74. The number of ketones is 1. The molecule has 1 amide bonds. The molecule has 1 aromatic heterocycles. The van der Waals surface area contributed by atoms with E-state index in [0.717, 1.165) is 6.08 Å². The van der Waals surface area contributed by atoms with Crippen molar-refractivity contribution in [1.29, 1.82) is 0 Å². The van der Waals surface area contributed by atoms with E-state index in [9.17, 15) is 14.0 Å². The SMILES string of the molecule is CCC(=O)/C=C/C(=O)Nc1cc2c(Nc3ccc(F)c(Cl)c3)ncnc2cc1OC. The van der Waals surface area contributed by atoms with E-state index in [1.165, 1.54) is 37.7 Å². The molecule has 1 heterocycles. The highest BCUT2D eigenvalue weighted by Crippen LogP contribution is 2.33. The monoisotopic (exact) mass is 428 g/mol. The van der Waals surface area contributed by atoms with E-state index in [1.54, 1.807) is 19.1 Å². The molecule has 0 unspecified atom stereocenters. The fraction of sp³-hybridized carbons (Fsp3) is 0.143. The average molecular weight is 429 g/mol. The van der Waals surface area contributed by atoms with Crippen molar-refractivity contribution in [2.75, 3.05) is 17.7 Å². The number of fused-ring (bicyclic) bond motifs is 1. The van der Waals surface area contributed by atoms with Crippen molar-refractivity contribution in [2.45, 2.75) is 13.3 Å². The van der Waals surface area contributed by atoms with Gasteiger partial charge < -0.3 is 15.4 Å². The minimum absolute atomic E-state index is 0.0265. The summed E-state index contributed by atoms with van der Waals surface area (Å²) in [6, 6.07) is 7.50. The molecule has 0 spiro atoms. The van der Waals surface area contributed by atoms with Gasteiger partial charge in [-0.15, -0.1) is 0 Å². The number of nitrogens with zero attached hydrogens (tertiary/aromatic N) is 2. The van der Waals surface area contributed by atoms with Gasteiger partial charge in [-0.05, 0) is 30.3 Å². The van der Waals surface area contributed by atoms with Crippen LogP contribution in [0.25, 0.3) is 10.9 Å². The number of halogens is 2. The summed E-state index contributed by atoms with van der Waals surface area (Å²) in [6.07, 6.45) is 4.06. The molecule has 30 heavy (non-hydrogen) atoms. The number of methoxy groups -OCH3 is 1. The Balaban J connectivity index is 1.97. The Morgan fingerprint density at radius 2 is 2.00 bits per heavy atom. The Labute approximate surface area is 176 Å². The number of nitrogens with one attached hydrogen (secondary N) is 2. The van der Waals surface area contributed by atoms with E-state index in [-0.39, 0.29) is 10.8 Å². The fourth-order valence-corrected chi connectivity index (χ4v) is 2.80. The van der Waals surface area contributed by atoms with Gasteiger partial charge in [0.1, 0.15) is 23.7 Å². The maximum atomic E-state index is 13.4. The first-order chi connectivity index (χ1) is 14.4. The third-order valence-electron chi connectivity index (χ3n) is 4.17. The van der Waals surface area contributed by atoms with E-state index >= 15 is 0 Å². The van der Waals surface area contributed by atoms with Crippen molar-refractivity contribution in [2.24, 2.45) is 0 Å². The molecule has 9 heteroatoms. The molecule has 0 saturated carbocycles. The second-order valence-corrected chi connectivity index (χ2v) is 6.60. The van der Waals surface area contributed by atoms with Crippen LogP contribution in [0.5, 0.6) is 5.75 Å². The first-order valence-corrected chi connectivity index (χ1v) is 9.35. The van der Waals surface area contributed by atoms with E-state index in [0.29, 0.717) is 40.3 Å². The number of carbonyl (C=O) groups excluding carboxylic acids is 2. The zero-order valence-electron chi connectivity index (χ0n) is 16.2. The van der Waals surface area contributed by atoms with Crippen LogP contribution >= 0.6 is 11.6 Å². The standard InChI is InChI=1S/C21H18ClFN4O3/c1-3-13(28)5-7-20(29)27-18-9-14-17(10-19(18)30-2)24-11-25-21(14)26-12-4-6-16(23)15(22)8-12/h4-11H,3H2,1-2H3,(H,27,29)(H,24,25,26)/b7-5+. The molecular weight excluding hydrogens is 411 g/mol. The lowest BCUT2D eigenvalue weighted by Gasteiger charge is -2.13. The molecule has 0 radical (unpaired) electrons. The predicted molar refractivity (Wildman–Crippen MR) is 114 cm³/mol.